The Hall–Kier alpha value is -3.57. The van der Waals surface area contributed by atoms with Gasteiger partial charge in [-0.2, -0.15) is 0 Å². The third-order valence-electron chi connectivity index (χ3n) is 12.5. The maximum atomic E-state index is 14.0. The van der Waals surface area contributed by atoms with Crippen molar-refractivity contribution in [1.82, 2.24) is 4.90 Å². The molecule has 0 aromatic heterocycles. The van der Waals surface area contributed by atoms with Crippen molar-refractivity contribution in [2.24, 2.45) is 33.5 Å². The van der Waals surface area contributed by atoms with Gasteiger partial charge in [0.25, 0.3) is 0 Å². The van der Waals surface area contributed by atoms with Gasteiger partial charge in [-0.1, -0.05) is 64.6 Å². The number of rotatable bonds is 8. The van der Waals surface area contributed by atoms with Crippen LogP contribution in [0.3, 0.4) is 0 Å². The van der Waals surface area contributed by atoms with E-state index < -0.39 is 93.9 Å². The predicted molar refractivity (Wildman–Crippen MR) is 173 cm³/mol. The minimum atomic E-state index is -1.56. The van der Waals surface area contributed by atoms with Gasteiger partial charge in [0.05, 0.1) is 11.5 Å². The molecule has 4 aliphatic carbocycles. The quantitative estimate of drug-likeness (QED) is 0.244. The summed E-state index contributed by atoms with van der Waals surface area (Å²) in [6, 6.07) is 8.42. The summed E-state index contributed by atoms with van der Waals surface area (Å²) in [5.74, 6) is -4.04. The van der Waals surface area contributed by atoms with Gasteiger partial charge >= 0.3 is 23.9 Å². The van der Waals surface area contributed by atoms with Gasteiger partial charge in [0.15, 0.2) is 6.10 Å². The summed E-state index contributed by atoms with van der Waals surface area (Å²) in [4.78, 5) is 68.2. The van der Waals surface area contributed by atoms with E-state index in [9.17, 15) is 29.1 Å². The van der Waals surface area contributed by atoms with Crippen LogP contribution >= 0.6 is 0 Å². The van der Waals surface area contributed by atoms with Gasteiger partial charge in [-0.05, 0) is 43.5 Å². The lowest BCUT2D eigenvalue weighted by Gasteiger charge is -2.60. The smallest absolute Gasteiger partial charge is 0.337 e. The third kappa shape index (κ3) is 4.63. The highest BCUT2D eigenvalue weighted by atomic mass is 16.6. The molecule has 0 heterocycles. The van der Waals surface area contributed by atoms with Crippen molar-refractivity contribution in [3.05, 3.63) is 48.0 Å². The van der Waals surface area contributed by atoms with Gasteiger partial charge in [0, 0.05) is 49.9 Å². The molecule has 2 spiro atoms. The number of hydrogen-bond donors (Lipinski definition) is 1. The highest BCUT2D eigenvalue weighted by Gasteiger charge is 2.92. The molecule has 262 valence electrons. The number of carbonyl (C=O) groups is 5. The fourth-order valence-corrected chi connectivity index (χ4v) is 11.0. The van der Waals surface area contributed by atoms with Crippen LogP contribution in [0.1, 0.15) is 79.3 Å². The lowest BCUT2D eigenvalue weighted by atomic mass is 9.42. The topological polar surface area (TPSA) is 146 Å². The van der Waals surface area contributed by atoms with Gasteiger partial charge < -0.3 is 24.1 Å². The molecule has 11 heteroatoms. The Balaban J connectivity index is 1.71. The summed E-state index contributed by atoms with van der Waals surface area (Å²) in [5, 5.41) is 11.4. The first-order chi connectivity index (χ1) is 22.3. The number of likely N-dealkylation sites (N-methyl/N-ethyl adjacent to an activating group) is 1. The lowest BCUT2D eigenvalue weighted by molar-refractivity contribution is -0.194. The molecule has 2 bridgehead atoms. The van der Waals surface area contributed by atoms with Crippen LogP contribution < -0.4 is 0 Å². The average Bonchev–Trinajstić information content (AvgIpc) is 3.23. The van der Waals surface area contributed by atoms with E-state index in [1.54, 1.807) is 25.9 Å². The molecule has 0 amide bonds. The van der Waals surface area contributed by atoms with Crippen molar-refractivity contribution in [3.8, 4) is 0 Å². The van der Waals surface area contributed by atoms with Crippen LogP contribution in [0, 0.1) is 33.5 Å². The molecule has 5 rings (SSSR count). The van der Waals surface area contributed by atoms with Crippen molar-refractivity contribution in [2.45, 2.75) is 104 Å². The summed E-state index contributed by atoms with van der Waals surface area (Å²) < 4.78 is 24.7. The lowest BCUT2D eigenvalue weighted by Crippen LogP contribution is -2.63. The Morgan fingerprint density at radius 2 is 1.44 bits per heavy atom. The van der Waals surface area contributed by atoms with Gasteiger partial charge in [-0.3, -0.25) is 24.1 Å². The van der Waals surface area contributed by atoms with Crippen LogP contribution in [0.2, 0.25) is 0 Å². The number of hydrogen-bond acceptors (Lipinski definition) is 11. The summed E-state index contributed by atoms with van der Waals surface area (Å²) in [6.07, 6.45) is -5.04. The van der Waals surface area contributed by atoms with Gasteiger partial charge in [-0.15, -0.1) is 0 Å². The molecule has 4 aliphatic rings. The van der Waals surface area contributed by atoms with E-state index in [0.29, 0.717) is 5.57 Å². The fourth-order valence-electron chi connectivity index (χ4n) is 11.0. The second-order valence-electron chi connectivity index (χ2n) is 15.2. The molecule has 1 aromatic carbocycles. The summed E-state index contributed by atoms with van der Waals surface area (Å²) >= 11 is 0. The zero-order valence-electron chi connectivity index (χ0n) is 29.4. The summed E-state index contributed by atoms with van der Waals surface area (Å²) in [7, 11) is 3.52. The van der Waals surface area contributed by atoms with Crippen LogP contribution in [-0.2, 0) is 42.9 Å². The molecule has 0 aliphatic heterocycles. The van der Waals surface area contributed by atoms with Crippen LogP contribution in [0.15, 0.2) is 42.5 Å². The SMILES string of the molecule is C=C1[C@@H](OC(=O)[C@H](O)[C@H](c2ccccc2)N(C)C)CC[C@@]2(C)[C@@H](OC(C)=O)[C@H](OC(C)=O)[C@@]34[C@H](C)C(=O)C[C@@H]([C@@H](OC(C)=O)[C@@]132)C4(C)C. The maximum Gasteiger partial charge on any atom is 0.337 e. The molecule has 4 saturated carbocycles. The minimum Gasteiger partial charge on any atom is -0.461 e. The minimum absolute atomic E-state index is 0.102. The zero-order chi connectivity index (χ0) is 35.7. The van der Waals surface area contributed by atoms with Gasteiger partial charge in [0.2, 0.25) is 0 Å². The predicted octanol–water partition coefficient (Wildman–Crippen LogP) is 3.96. The standard InChI is InChI=1S/C37H49NO10/c1-19-26(42)18-25-30(45-21(3)39)37-20(2)27(48-33(44)29(43)28(38(9)10)24-14-12-11-13-15-24)16-17-35(37,8)31(46-22(4)40)32(47-23(5)41)36(19,37)34(25,6)7/h11-15,19,25,27-32,43H,2,16-18H2,1,3-10H3/t19-,25+,27+,28+,29-,30-,31+,32+,35+,36-,37-/m1/s1. The van der Waals surface area contributed by atoms with Crippen molar-refractivity contribution < 1.29 is 48.0 Å². The van der Waals surface area contributed by atoms with Crippen molar-refractivity contribution in [1.29, 1.82) is 0 Å². The Morgan fingerprint density at radius 3 is 1.98 bits per heavy atom. The first-order valence-electron chi connectivity index (χ1n) is 16.7. The number of ether oxygens (including phenoxy) is 4. The molecular weight excluding hydrogens is 618 g/mol. The average molecular weight is 668 g/mol. The van der Waals surface area contributed by atoms with E-state index in [-0.39, 0.29) is 25.0 Å². The number of benzene rings is 1. The van der Waals surface area contributed by atoms with Crippen molar-refractivity contribution in [2.75, 3.05) is 14.1 Å². The summed E-state index contributed by atoms with van der Waals surface area (Å²) in [5.41, 5.74) is -3.48. The van der Waals surface area contributed by atoms with E-state index in [1.165, 1.54) is 20.8 Å². The monoisotopic (exact) mass is 667 g/mol. The Kier molecular flexibility index (Phi) is 9.00. The van der Waals surface area contributed by atoms with E-state index in [1.807, 2.05) is 51.1 Å². The molecule has 1 N–H and O–H groups in total. The normalized spacial score (nSPS) is 37.6. The van der Waals surface area contributed by atoms with Crippen molar-refractivity contribution in [3.63, 3.8) is 0 Å². The number of nitrogens with zero attached hydrogens (tertiary/aromatic N) is 1. The molecule has 11 atom stereocenters. The molecule has 0 radical (unpaired) electrons. The van der Waals surface area contributed by atoms with E-state index in [4.69, 9.17) is 18.9 Å². The molecule has 48 heavy (non-hydrogen) atoms. The number of aliphatic hydroxyl groups excluding tert-OH is 1. The second-order valence-corrected chi connectivity index (χ2v) is 15.2. The number of fused-ring (bicyclic) bond motifs is 1. The largest absolute Gasteiger partial charge is 0.461 e. The Bertz CT molecular complexity index is 1520. The highest BCUT2D eigenvalue weighted by Crippen LogP contribution is 2.86. The Morgan fingerprint density at radius 1 is 0.896 bits per heavy atom. The number of esters is 4. The molecule has 0 saturated heterocycles. The summed E-state index contributed by atoms with van der Waals surface area (Å²) in [6.45, 7) is 16.1. The van der Waals surface area contributed by atoms with E-state index >= 15 is 0 Å². The molecule has 1 aromatic rings. The molecule has 0 unspecified atom stereocenters. The molecule has 11 nitrogen and oxygen atoms in total. The van der Waals surface area contributed by atoms with Crippen LogP contribution in [0.25, 0.3) is 0 Å². The third-order valence-corrected chi connectivity index (χ3v) is 12.5. The number of Topliss-reactive ketones (excluding diaryl/α,β-unsaturated/α-hetero) is 1. The van der Waals surface area contributed by atoms with Gasteiger partial charge in [-0.25, -0.2) is 4.79 Å². The molecule has 4 fully saturated rings. The Labute approximate surface area is 282 Å². The van der Waals surface area contributed by atoms with Crippen LogP contribution in [0.4, 0.5) is 0 Å². The highest BCUT2D eigenvalue weighted by molar-refractivity contribution is 5.86. The number of aliphatic hydroxyl groups is 1. The number of carbonyl (C=O) groups excluding carboxylic acids is 5. The maximum absolute atomic E-state index is 14.0. The van der Waals surface area contributed by atoms with Crippen LogP contribution in [-0.4, -0.2) is 84.3 Å². The number of ketones is 1. The van der Waals surface area contributed by atoms with Gasteiger partial charge in [0.1, 0.15) is 30.2 Å². The molecular formula is C37H49NO10. The second kappa shape index (κ2) is 12.1. The zero-order valence-corrected chi connectivity index (χ0v) is 29.4. The first kappa shape index (κ1) is 35.7. The van der Waals surface area contributed by atoms with E-state index in [0.717, 1.165) is 5.56 Å². The van der Waals surface area contributed by atoms with Crippen molar-refractivity contribution >= 4 is 29.7 Å². The fraction of sp³-hybridized carbons (Fsp3) is 0.649. The van der Waals surface area contributed by atoms with E-state index in [2.05, 4.69) is 6.58 Å². The first-order valence-corrected chi connectivity index (χ1v) is 16.7. The van der Waals surface area contributed by atoms with Crippen LogP contribution in [0.5, 0.6) is 0 Å².